The molecule has 0 fully saturated rings. The Morgan fingerprint density at radius 3 is 1.13 bits per heavy atom. The summed E-state index contributed by atoms with van der Waals surface area (Å²) >= 11 is 0. The molecular formula is C50H28N2. The summed E-state index contributed by atoms with van der Waals surface area (Å²) in [5.74, 6) is 26.7. The molecule has 2 nitrogen and oxygen atoms in total. The maximum atomic E-state index is 4.32. The molecule has 8 rings (SSSR count). The van der Waals surface area contributed by atoms with Crippen molar-refractivity contribution in [2.75, 3.05) is 0 Å². The van der Waals surface area contributed by atoms with Crippen LogP contribution in [-0.4, -0.2) is 9.97 Å². The van der Waals surface area contributed by atoms with Gasteiger partial charge in [-0.3, -0.25) is 0 Å². The number of pyridine rings is 2. The van der Waals surface area contributed by atoms with Crippen molar-refractivity contribution in [1.29, 1.82) is 0 Å². The molecule has 0 atom stereocenters. The zero-order valence-corrected chi connectivity index (χ0v) is 28.1. The lowest BCUT2D eigenvalue weighted by atomic mass is 9.87. The lowest BCUT2D eigenvalue weighted by molar-refractivity contribution is 1.29. The highest BCUT2D eigenvalue weighted by Crippen LogP contribution is 2.39. The van der Waals surface area contributed by atoms with Gasteiger partial charge in [-0.25, -0.2) is 9.97 Å². The summed E-state index contributed by atoms with van der Waals surface area (Å²) in [6, 6.07) is 53.0. The number of nitrogens with zero attached hydrogens (tertiary/aromatic N) is 2. The first kappa shape index (κ1) is 31.6. The van der Waals surface area contributed by atoms with Gasteiger partial charge < -0.3 is 0 Å². The molecule has 0 N–H and O–H groups in total. The number of hydrogen-bond donors (Lipinski definition) is 0. The Morgan fingerprint density at radius 2 is 0.712 bits per heavy atom. The smallest absolute Gasteiger partial charge is 0.113 e. The van der Waals surface area contributed by atoms with Gasteiger partial charge in [-0.2, -0.15) is 0 Å². The lowest BCUT2D eigenvalue weighted by Crippen LogP contribution is -1.93. The molecule has 0 aliphatic rings. The minimum atomic E-state index is 0.732. The summed E-state index contributed by atoms with van der Waals surface area (Å²) in [4.78, 5) is 8.64. The second-order valence-electron chi connectivity index (χ2n) is 12.0. The molecule has 2 heteroatoms. The summed E-state index contributed by atoms with van der Waals surface area (Å²) in [5, 5.41) is 4.52. The quantitative estimate of drug-likeness (QED) is 0.164. The van der Waals surface area contributed by atoms with E-state index in [4.69, 9.17) is 0 Å². The van der Waals surface area contributed by atoms with Gasteiger partial charge in [0.2, 0.25) is 0 Å². The second-order valence-corrected chi connectivity index (χ2v) is 12.0. The Balaban J connectivity index is 1.24. The number of hydrogen-bond acceptors (Lipinski definition) is 2. The number of rotatable bonds is 1. The summed E-state index contributed by atoms with van der Waals surface area (Å²) in [6.45, 7) is 0. The van der Waals surface area contributed by atoms with Crippen LogP contribution in [0.15, 0.2) is 170 Å². The highest BCUT2D eigenvalue weighted by atomic mass is 14.6. The van der Waals surface area contributed by atoms with Crippen LogP contribution in [0.2, 0.25) is 0 Å². The van der Waals surface area contributed by atoms with Gasteiger partial charge in [-0.15, -0.1) is 0 Å². The molecule has 8 aromatic rings. The number of benzene rings is 6. The molecule has 52 heavy (non-hydrogen) atoms. The van der Waals surface area contributed by atoms with Crippen molar-refractivity contribution in [3.05, 3.63) is 215 Å². The Bertz CT molecular complexity index is 2660. The van der Waals surface area contributed by atoms with E-state index in [0.29, 0.717) is 0 Å². The van der Waals surface area contributed by atoms with E-state index in [-0.39, 0.29) is 0 Å². The molecule has 2 aromatic heterocycles. The van der Waals surface area contributed by atoms with Gasteiger partial charge in [0.25, 0.3) is 0 Å². The van der Waals surface area contributed by atoms with Crippen LogP contribution >= 0.6 is 0 Å². The highest BCUT2D eigenvalue weighted by Gasteiger charge is 2.16. The van der Waals surface area contributed by atoms with E-state index in [0.717, 1.165) is 77.4 Å². The molecule has 2 heterocycles. The highest BCUT2D eigenvalue weighted by molar-refractivity contribution is 6.09. The third-order valence-electron chi connectivity index (χ3n) is 8.52. The molecular weight excluding hydrogens is 629 g/mol. The third kappa shape index (κ3) is 7.20. The van der Waals surface area contributed by atoms with Gasteiger partial charge in [0.1, 0.15) is 11.4 Å². The van der Waals surface area contributed by atoms with Gasteiger partial charge in [-0.1, -0.05) is 120 Å². The van der Waals surface area contributed by atoms with Crippen molar-refractivity contribution < 1.29 is 0 Å². The third-order valence-corrected chi connectivity index (χ3v) is 8.52. The zero-order valence-electron chi connectivity index (χ0n) is 28.1. The van der Waals surface area contributed by atoms with Gasteiger partial charge >= 0.3 is 0 Å². The number of aromatic nitrogens is 2. The fourth-order valence-corrected chi connectivity index (χ4v) is 6.06. The van der Waals surface area contributed by atoms with Gasteiger partial charge in [0.05, 0.1) is 0 Å². The van der Waals surface area contributed by atoms with E-state index in [2.05, 4.69) is 130 Å². The van der Waals surface area contributed by atoms with Crippen molar-refractivity contribution in [1.82, 2.24) is 9.97 Å². The first-order valence-corrected chi connectivity index (χ1v) is 16.9. The molecule has 0 radical (unpaired) electrons. The van der Waals surface area contributed by atoms with Crippen LogP contribution in [0.1, 0.15) is 44.8 Å². The van der Waals surface area contributed by atoms with E-state index in [1.807, 2.05) is 84.9 Å². The predicted molar refractivity (Wildman–Crippen MR) is 212 cm³/mol. The lowest BCUT2D eigenvalue weighted by Gasteiger charge is -2.15. The molecule has 0 spiro atoms. The average molecular weight is 657 g/mol. The van der Waals surface area contributed by atoms with E-state index < -0.39 is 0 Å². The maximum Gasteiger partial charge on any atom is 0.113 e. The van der Waals surface area contributed by atoms with E-state index in [1.54, 1.807) is 12.4 Å². The fourth-order valence-electron chi connectivity index (χ4n) is 6.06. The molecule has 0 saturated heterocycles. The summed E-state index contributed by atoms with van der Waals surface area (Å²) in [6.07, 6.45) is 3.50. The number of fused-ring (bicyclic) bond motifs is 2. The average Bonchev–Trinajstić information content (AvgIpc) is 3.21. The molecule has 0 aliphatic heterocycles. The van der Waals surface area contributed by atoms with Crippen LogP contribution < -0.4 is 0 Å². The summed E-state index contributed by atoms with van der Waals surface area (Å²) in [7, 11) is 0. The SMILES string of the molecule is C(#Cc1ccccn1)c1cccc(C#Cc2ccc3ccccc3c2-c2c(C#Cc3cccc(C#Cc4ccccn4)c3)ccc3ccccc23)c1. The van der Waals surface area contributed by atoms with Crippen LogP contribution in [0.5, 0.6) is 0 Å². The van der Waals surface area contributed by atoms with Crippen molar-refractivity contribution in [2.24, 2.45) is 0 Å². The standard InChI is InChI=1S/C50H28N2/c1-3-19-47-41(15-1)27-29-43(25-21-37-11-9-13-39(35-37)23-31-45-17-5-7-33-51-45)49(47)50-44(30-28-42-16-2-4-20-48(42)50)26-22-38-12-10-14-40(36-38)24-32-46-18-6-8-34-52-46/h1-20,27-30,33-36H. The van der Waals surface area contributed by atoms with E-state index in [1.165, 1.54) is 0 Å². The molecule has 238 valence electrons. The van der Waals surface area contributed by atoms with Gasteiger partial charge in [0, 0.05) is 56.9 Å². The Hall–Kier alpha value is -7.62. The molecule has 0 bridgehead atoms. The van der Waals surface area contributed by atoms with Crippen molar-refractivity contribution in [3.8, 4) is 58.5 Å². The second kappa shape index (κ2) is 14.9. The normalized spacial score (nSPS) is 10.1. The molecule has 0 unspecified atom stereocenters. The first-order valence-electron chi connectivity index (χ1n) is 16.9. The Morgan fingerprint density at radius 1 is 0.308 bits per heavy atom. The van der Waals surface area contributed by atoms with Crippen LogP contribution in [-0.2, 0) is 0 Å². The first-order chi connectivity index (χ1) is 25.8. The topological polar surface area (TPSA) is 25.8 Å². The molecule has 6 aromatic carbocycles. The van der Waals surface area contributed by atoms with E-state index in [9.17, 15) is 0 Å². The molecule has 0 amide bonds. The van der Waals surface area contributed by atoms with Crippen LogP contribution in [0.3, 0.4) is 0 Å². The minimum absolute atomic E-state index is 0.732. The molecule has 0 saturated carbocycles. The Labute approximate surface area is 303 Å². The zero-order chi connectivity index (χ0) is 35.0. The monoisotopic (exact) mass is 656 g/mol. The van der Waals surface area contributed by atoms with E-state index >= 15 is 0 Å². The Kier molecular flexibility index (Phi) is 9.05. The largest absolute Gasteiger partial charge is 0.248 e. The summed E-state index contributed by atoms with van der Waals surface area (Å²) < 4.78 is 0. The van der Waals surface area contributed by atoms with Crippen molar-refractivity contribution >= 4 is 21.5 Å². The van der Waals surface area contributed by atoms with Crippen molar-refractivity contribution in [3.63, 3.8) is 0 Å². The minimum Gasteiger partial charge on any atom is -0.248 e. The fraction of sp³-hybridized carbons (Fsp3) is 0. The van der Waals surface area contributed by atoms with Gasteiger partial charge in [-0.05, 0) is 106 Å². The van der Waals surface area contributed by atoms with Gasteiger partial charge in [0.15, 0.2) is 0 Å². The summed E-state index contributed by atoms with van der Waals surface area (Å²) in [5.41, 5.74) is 8.98. The van der Waals surface area contributed by atoms with Crippen LogP contribution in [0, 0.1) is 47.4 Å². The predicted octanol–water partition coefficient (Wildman–Crippen LogP) is 10.0. The van der Waals surface area contributed by atoms with Crippen LogP contribution in [0.4, 0.5) is 0 Å². The molecule has 0 aliphatic carbocycles. The maximum absolute atomic E-state index is 4.32. The van der Waals surface area contributed by atoms with Crippen LogP contribution in [0.25, 0.3) is 32.7 Å². The van der Waals surface area contributed by atoms with Crippen molar-refractivity contribution in [2.45, 2.75) is 0 Å².